The van der Waals surface area contributed by atoms with Crippen molar-refractivity contribution in [1.29, 1.82) is 0 Å². The van der Waals surface area contributed by atoms with Gasteiger partial charge in [0.15, 0.2) is 0 Å². The molecular formula is C19H23ClN2O3S. The summed E-state index contributed by atoms with van der Waals surface area (Å²) >= 11 is 5.93. The summed E-state index contributed by atoms with van der Waals surface area (Å²) in [6.45, 7) is 2.30. The maximum absolute atomic E-state index is 12.2. The molecule has 0 atom stereocenters. The molecule has 7 heteroatoms. The molecule has 2 aromatic carbocycles. The average Bonchev–Trinajstić information content (AvgIpc) is 2.55. The minimum Gasteiger partial charge on any atom is -0.355 e. The lowest BCUT2D eigenvalue weighted by atomic mass is 10.1. The molecule has 0 unspecified atom stereocenters. The van der Waals surface area contributed by atoms with Crippen molar-refractivity contribution in [1.82, 2.24) is 9.62 Å². The molecule has 1 N–H and O–H groups in total. The molecule has 0 heterocycles. The zero-order valence-electron chi connectivity index (χ0n) is 14.9. The largest absolute Gasteiger partial charge is 0.355 e. The van der Waals surface area contributed by atoms with E-state index >= 15 is 0 Å². The van der Waals surface area contributed by atoms with Crippen LogP contribution in [0.5, 0.6) is 0 Å². The Kier molecular flexibility index (Phi) is 7.20. The lowest BCUT2D eigenvalue weighted by molar-refractivity contribution is -0.121. The smallest absolute Gasteiger partial charge is 0.235 e. The molecule has 140 valence electrons. The average molecular weight is 395 g/mol. The highest BCUT2D eigenvalue weighted by Crippen LogP contribution is 2.13. The summed E-state index contributed by atoms with van der Waals surface area (Å²) in [4.78, 5) is 12.2. The first kappa shape index (κ1) is 20.4. The SMILES string of the molecule is Cc1ccccc1CN(CC(=O)NCCc1cccc(Cl)c1)S(C)(=O)=O. The molecule has 0 saturated heterocycles. The normalized spacial score (nSPS) is 11.5. The summed E-state index contributed by atoms with van der Waals surface area (Å²) in [5.74, 6) is -0.328. The fourth-order valence-corrected chi connectivity index (χ4v) is 3.46. The standard InChI is InChI=1S/C19H23ClN2O3S/c1-15-6-3-4-8-17(15)13-22(26(2,24)25)14-19(23)21-11-10-16-7-5-9-18(20)12-16/h3-9,12H,10-11,13-14H2,1-2H3,(H,21,23). The molecule has 0 radical (unpaired) electrons. The Morgan fingerprint density at radius 2 is 1.88 bits per heavy atom. The van der Waals surface area contributed by atoms with Crippen molar-refractivity contribution in [3.63, 3.8) is 0 Å². The van der Waals surface area contributed by atoms with Gasteiger partial charge >= 0.3 is 0 Å². The molecule has 0 aliphatic rings. The fraction of sp³-hybridized carbons (Fsp3) is 0.316. The van der Waals surface area contributed by atoms with Crippen LogP contribution in [0.2, 0.25) is 5.02 Å². The highest BCUT2D eigenvalue weighted by Gasteiger charge is 2.21. The number of benzene rings is 2. The van der Waals surface area contributed by atoms with Crippen molar-refractivity contribution in [2.75, 3.05) is 19.3 Å². The van der Waals surface area contributed by atoms with Gasteiger partial charge in [0.25, 0.3) is 0 Å². The number of sulfonamides is 1. The van der Waals surface area contributed by atoms with Gasteiger partial charge in [-0.3, -0.25) is 4.79 Å². The Labute approximate surface area is 160 Å². The molecule has 0 aliphatic carbocycles. The van der Waals surface area contributed by atoms with Gasteiger partial charge in [-0.2, -0.15) is 4.31 Å². The summed E-state index contributed by atoms with van der Waals surface area (Å²) < 4.78 is 25.3. The zero-order chi connectivity index (χ0) is 19.2. The van der Waals surface area contributed by atoms with E-state index in [1.54, 1.807) is 6.07 Å². The molecule has 0 saturated carbocycles. The molecule has 2 rings (SSSR count). The summed E-state index contributed by atoms with van der Waals surface area (Å²) in [5, 5.41) is 3.41. The number of aryl methyl sites for hydroxylation is 1. The molecule has 5 nitrogen and oxygen atoms in total. The van der Waals surface area contributed by atoms with Crippen LogP contribution in [0.1, 0.15) is 16.7 Å². The minimum atomic E-state index is -3.50. The summed E-state index contributed by atoms with van der Waals surface area (Å²) in [7, 11) is -3.50. The van der Waals surface area contributed by atoms with E-state index in [2.05, 4.69) is 5.32 Å². The Hall–Kier alpha value is -1.89. The Bertz CT molecular complexity index is 869. The van der Waals surface area contributed by atoms with Gasteiger partial charge in [0.2, 0.25) is 15.9 Å². The topological polar surface area (TPSA) is 66.5 Å². The molecule has 1 amide bonds. The van der Waals surface area contributed by atoms with Gasteiger partial charge in [0.1, 0.15) is 0 Å². The van der Waals surface area contributed by atoms with Crippen LogP contribution in [0.25, 0.3) is 0 Å². The number of carbonyl (C=O) groups is 1. The van der Waals surface area contributed by atoms with Gasteiger partial charge in [-0.25, -0.2) is 8.42 Å². The minimum absolute atomic E-state index is 0.174. The molecule has 2 aromatic rings. The van der Waals surface area contributed by atoms with Crippen molar-refractivity contribution >= 4 is 27.5 Å². The van der Waals surface area contributed by atoms with E-state index in [9.17, 15) is 13.2 Å². The van der Waals surface area contributed by atoms with Crippen LogP contribution in [0.4, 0.5) is 0 Å². The predicted molar refractivity (Wildman–Crippen MR) is 105 cm³/mol. The lowest BCUT2D eigenvalue weighted by Crippen LogP contribution is -2.40. The van der Waals surface area contributed by atoms with E-state index in [1.165, 1.54) is 4.31 Å². The van der Waals surface area contributed by atoms with E-state index in [0.717, 1.165) is 22.9 Å². The van der Waals surface area contributed by atoms with Gasteiger partial charge in [-0.15, -0.1) is 0 Å². The van der Waals surface area contributed by atoms with Crippen molar-refractivity contribution in [3.05, 3.63) is 70.2 Å². The van der Waals surface area contributed by atoms with Crippen molar-refractivity contribution in [2.45, 2.75) is 19.9 Å². The van der Waals surface area contributed by atoms with E-state index in [0.29, 0.717) is 18.0 Å². The Balaban J connectivity index is 1.93. The Morgan fingerprint density at radius 3 is 2.54 bits per heavy atom. The van der Waals surface area contributed by atoms with Crippen LogP contribution >= 0.6 is 11.6 Å². The first-order valence-corrected chi connectivity index (χ1v) is 10.5. The van der Waals surface area contributed by atoms with E-state index in [1.807, 2.05) is 49.4 Å². The third-order valence-corrected chi connectivity index (χ3v) is 5.45. The van der Waals surface area contributed by atoms with Crippen molar-refractivity contribution in [3.8, 4) is 0 Å². The summed E-state index contributed by atoms with van der Waals surface area (Å²) in [5.41, 5.74) is 2.88. The second kappa shape index (κ2) is 9.16. The van der Waals surface area contributed by atoms with E-state index < -0.39 is 10.0 Å². The number of nitrogens with one attached hydrogen (secondary N) is 1. The van der Waals surface area contributed by atoms with Gasteiger partial charge in [-0.05, 0) is 42.2 Å². The zero-order valence-corrected chi connectivity index (χ0v) is 16.5. The number of rotatable bonds is 8. The molecule has 26 heavy (non-hydrogen) atoms. The molecule has 0 aliphatic heterocycles. The van der Waals surface area contributed by atoms with Gasteiger partial charge < -0.3 is 5.32 Å². The molecule has 0 aromatic heterocycles. The number of hydrogen-bond acceptors (Lipinski definition) is 3. The molecule has 0 fully saturated rings. The maximum Gasteiger partial charge on any atom is 0.235 e. The second-order valence-corrected chi connectivity index (χ2v) is 8.61. The highest BCUT2D eigenvalue weighted by molar-refractivity contribution is 7.88. The van der Waals surface area contributed by atoms with Crippen molar-refractivity contribution in [2.24, 2.45) is 0 Å². The third kappa shape index (κ3) is 6.44. The van der Waals surface area contributed by atoms with Crippen molar-refractivity contribution < 1.29 is 13.2 Å². The van der Waals surface area contributed by atoms with Crippen LogP contribution in [0, 0.1) is 6.92 Å². The lowest BCUT2D eigenvalue weighted by Gasteiger charge is -2.20. The predicted octanol–water partition coefficient (Wildman–Crippen LogP) is 2.77. The van der Waals surface area contributed by atoms with Gasteiger partial charge in [0, 0.05) is 18.1 Å². The molecule has 0 spiro atoms. The quantitative estimate of drug-likeness (QED) is 0.748. The van der Waals surface area contributed by atoms with Crippen LogP contribution in [-0.4, -0.2) is 38.0 Å². The Morgan fingerprint density at radius 1 is 1.15 bits per heavy atom. The molecule has 0 bridgehead atoms. The van der Waals surface area contributed by atoms with Crippen LogP contribution in [-0.2, 0) is 27.8 Å². The molecular weight excluding hydrogens is 372 g/mol. The third-order valence-electron chi connectivity index (χ3n) is 4.02. The van der Waals surface area contributed by atoms with Crippen LogP contribution < -0.4 is 5.32 Å². The first-order chi connectivity index (χ1) is 12.3. The van der Waals surface area contributed by atoms with Crippen LogP contribution in [0.3, 0.4) is 0 Å². The van der Waals surface area contributed by atoms with E-state index in [-0.39, 0.29) is 19.0 Å². The number of amides is 1. The van der Waals surface area contributed by atoms with Gasteiger partial charge in [-0.1, -0.05) is 48.0 Å². The maximum atomic E-state index is 12.2. The fourth-order valence-electron chi connectivity index (χ4n) is 2.52. The highest BCUT2D eigenvalue weighted by atomic mass is 35.5. The number of hydrogen-bond donors (Lipinski definition) is 1. The summed E-state index contributed by atoms with van der Waals surface area (Å²) in [6.07, 6.45) is 1.74. The first-order valence-electron chi connectivity index (χ1n) is 8.26. The van der Waals surface area contributed by atoms with Crippen LogP contribution in [0.15, 0.2) is 48.5 Å². The summed E-state index contributed by atoms with van der Waals surface area (Å²) in [6, 6.07) is 14.9. The number of nitrogens with zero attached hydrogens (tertiary/aromatic N) is 1. The van der Waals surface area contributed by atoms with Gasteiger partial charge in [0.05, 0.1) is 12.8 Å². The second-order valence-electron chi connectivity index (χ2n) is 6.19. The van der Waals surface area contributed by atoms with E-state index in [4.69, 9.17) is 11.6 Å². The monoisotopic (exact) mass is 394 g/mol. The number of halogens is 1. The number of carbonyl (C=O) groups excluding carboxylic acids is 1.